The van der Waals surface area contributed by atoms with Crippen LogP contribution in [0.25, 0.3) is 0 Å². The number of nitrogens with zero attached hydrogens (tertiary/aromatic N) is 1. The Labute approximate surface area is 240 Å². The van der Waals surface area contributed by atoms with E-state index in [0.717, 1.165) is 5.56 Å². The third-order valence-electron chi connectivity index (χ3n) is 6.13. The number of para-hydroxylation sites is 1. The van der Waals surface area contributed by atoms with Crippen LogP contribution in [0.2, 0.25) is 5.02 Å². The van der Waals surface area contributed by atoms with E-state index in [2.05, 4.69) is 10.6 Å². The van der Waals surface area contributed by atoms with Gasteiger partial charge >= 0.3 is 6.09 Å². The minimum absolute atomic E-state index is 0.0811. The number of phenolic OH excluding ortho intramolecular Hbond substituents is 1. The molecule has 212 valence electrons. The van der Waals surface area contributed by atoms with Crippen molar-refractivity contribution < 1.29 is 24.2 Å². The Morgan fingerprint density at radius 1 is 0.975 bits per heavy atom. The smallest absolute Gasteiger partial charge is 0.408 e. The average molecular weight is 566 g/mol. The molecule has 3 aromatic carbocycles. The van der Waals surface area contributed by atoms with Gasteiger partial charge in [-0.25, -0.2) is 4.79 Å². The van der Waals surface area contributed by atoms with E-state index >= 15 is 0 Å². The maximum atomic E-state index is 14.2. The highest BCUT2D eigenvalue weighted by atomic mass is 35.5. The molecule has 0 saturated carbocycles. The molecule has 3 amide bonds. The number of nitrogens with one attached hydrogen (secondary N) is 2. The Morgan fingerprint density at radius 3 is 2.20 bits per heavy atom. The summed E-state index contributed by atoms with van der Waals surface area (Å²) in [5.74, 6) is -0.836. The number of aromatic hydroxyl groups is 1. The van der Waals surface area contributed by atoms with Gasteiger partial charge in [-0.3, -0.25) is 9.59 Å². The van der Waals surface area contributed by atoms with E-state index in [1.807, 2.05) is 19.1 Å². The molecule has 0 heterocycles. The summed E-state index contributed by atoms with van der Waals surface area (Å²) < 4.78 is 5.43. The van der Waals surface area contributed by atoms with Crippen LogP contribution in [0, 0.1) is 6.92 Å². The lowest BCUT2D eigenvalue weighted by atomic mass is 10.00. The van der Waals surface area contributed by atoms with Gasteiger partial charge in [0.05, 0.1) is 10.7 Å². The molecule has 0 spiro atoms. The van der Waals surface area contributed by atoms with E-state index in [0.29, 0.717) is 21.8 Å². The first-order chi connectivity index (χ1) is 18.9. The van der Waals surface area contributed by atoms with Gasteiger partial charge in [-0.1, -0.05) is 66.2 Å². The lowest BCUT2D eigenvalue weighted by Crippen LogP contribution is -2.53. The lowest BCUT2D eigenvalue weighted by molar-refractivity contribution is -0.140. The van der Waals surface area contributed by atoms with Gasteiger partial charge in [0.25, 0.3) is 5.91 Å². The Balaban J connectivity index is 2.00. The predicted molar refractivity (Wildman–Crippen MR) is 156 cm³/mol. The van der Waals surface area contributed by atoms with Gasteiger partial charge in [-0.2, -0.15) is 0 Å². The first-order valence-corrected chi connectivity index (χ1v) is 13.5. The van der Waals surface area contributed by atoms with Crippen LogP contribution in [0.5, 0.6) is 5.75 Å². The molecule has 2 unspecified atom stereocenters. The van der Waals surface area contributed by atoms with Crippen LogP contribution in [0.15, 0.2) is 72.8 Å². The summed E-state index contributed by atoms with van der Waals surface area (Å²) in [6, 6.07) is 18.6. The Kier molecular flexibility index (Phi) is 10.2. The number of rotatable bonds is 9. The highest BCUT2D eigenvalue weighted by molar-refractivity contribution is 6.34. The molecule has 40 heavy (non-hydrogen) atoms. The highest BCUT2D eigenvalue weighted by Gasteiger charge is 2.36. The fraction of sp³-hybridized carbons (Fsp3) is 0.323. The molecule has 3 N–H and O–H groups in total. The van der Waals surface area contributed by atoms with Crippen LogP contribution in [0.1, 0.15) is 50.4 Å². The van der Waals surface area contributed by atoms with E-state index in [1.165, 1.54) is 17.0 Å². The molecule has 8 nitrogen and oxygen atoms in total. The quantitative estimate of drug-likeness (QED) is 0.294. The van der Waals surface area contributed by atoms with Gasteiger partial charge in [0.15, 0.2) is 0 Å². The third kappa shape index (κ3) is 8.23. The van der Waals surface area contributed by atoms with Crippen molar-refractivity contribution in [3.05, 3.63) is 94.5 Å². The lowest BCUT2D eigenvalue weighted by Gasteiger charge is -2.34. The van der Waals surface area contributed by atoms with E-state index in [9.17, 15) is 19.5 Å². The van der Waals surface area contributed by atoms with Gasteiger partial charge in [-0.05, 0) is 69.5 Å². The second-order valence-corrected chi connectivity index (χ2v) is 10.8. The van der Waals surface area contributed by atoms with Gasteiger partial charge in [0.2, 0.25) is 5.91 Å². The van der Waals surface area contributed by atoms with Crippen LogP contribution in [0.3, 0.4) is 0 Å². The largest absolute Gasteiger partial charge is 0.508 e. The Bertz CT molecular complexity index is 1300. The zero-order chi connectivity index (χ0) is 29.4. The SMILES string of the molecule is CCN(C(=O)C(Cc1ccc(O)cc1)NC(=O)OC(C)(C)C)C(C(=O)Nc1c(C)cccc1Cl)c1ccccc1. The van der Waals surface area contributed by atoms with Crippen molar-refractivity contribution in [3.8, 4) is 5.75 Å². The number of halogens is 1. The van der Waals surface area contributed by atoms with Gasteiger partial charge in [-0.15, -0.1) is 0 Å². The second-order valence-electron chi connectivity index (χ2n) is 10.4. The number of alkyl carbamates (subject to hydrolysis) is 1. The number of hydrogen-bond acceptors (Lipinski definition) is 5. The van der Waals surface area contributed by atoms with E-state index < -0.39 is 35.6 Å². The fourth-order valence-corrected chi connectivity index (χ4v) is 4.54. The molecule has 0 saturated heterocycles. The standard InChI is InChI=1S/C31H36ClN3O5/c1-6-35(27(22-12-8-7-9-13-22)28(37)34-26-20(2)11-10-14-24(26)32)29(38)25(33-30(39)40-31(3,4)5)19-21-15-17-23(36)18-16-21/h7-18,25,27,36H,6,19H2,1-5H3,(H,33,39)(H,34,37). The summed E-state index contributed by atoms with van der Waals surface area (Å²) in [6.45, 7) is 8.97. The molecule has 0 aliphatic rings. The molecule has 9 heteroatoms. The Hall–Kier alpha value is -4.04. The molecule has 0 fully saturated rings. The van der Waals surface area contributed by atoms with Crippen LogP contribution in [-0.2, 0) is 20.7 Å². The molecule has 0 aliphatic carbocycles. The van der Waals surface area contributed by atoms with Crippen molar-refractivity contribution >= 4 is 35.2 Å². The van der Waals surface area contributed by atoms with Crippen LogP contribution >= 0.6 is 11.6 Å². The van der Waals surface area contributed by atoms with E-state index in [4.69, 9.17) is 16.3 Å². The van der Waals surface area contributed by atoms with E-state index in [-0.39, 0.29) is 18.7 Å². The van der Waals surface area contributed by atoms with Crippen LogP contribution in [-0.4, -0.2) is 46.1 Å². The van der Waals surface area contributed by atoms with Crippen molar-refractivity contribution in [2.24, 2.45) is 0 Å². The molecule has 3 aromatic rings. The van der Waals surface area contributed by atoms with Crippen molar-refractivity contribution in [2.75, 3.05) is 11.9 Å². The minimum Gasteiger partial charge on any atom is -0.508 e. The molecule has 2 atom stereocenters. The molecule has 3 rings (SSSR count). The number of phenols is 1. The maximum Gasteiger partial charge on any atom is 0.408 e. The first kappa shape index (κ1) is 30.5. The van der Waals surface area contributed by atoms with Gasteiger partial charge in [0, 0.05) is 13.0 Å². The predicted octanol–water partition coefficient (Wildman–Crippen LogP) is 6.02. The summed E-state index contributed by atoms with van der Waals surface area (Å²) in [5.41, 5.74) is 1.76. The van der Waals surface area contributed by atoms with E-state index in [1.54, 1.807) is 76.2 Å². The summed E-state index contributed by atoms with van der Waals surface area (Å²) >= 11 is 6.39. The summed E-state index contributed by atoms with van der Waals surface area (Å²) in [7, 11) is 0. The molecule has 0 radical (unpaired) electrons. The average Bonchev–Trinajstić information content (AvgIpc) is 2.89. The monoisotopic (exact) mass is 565 g/mol. The molecular formula is C31H36ClN3O5. The number of ether oxygens (including phenoxy) is 1. The third-order valence-corrected chi connectivity index (χ3v) is 6.45. The zero-order valence-electron chi connectivity index (χ0n) is 23.4. The number of amides is 3. The normalized spacial score (nSPS) is 12.7. The van der Waals surface area contributed by atoms with Crippen molar-refractivity contribution in [2.45, 2.75) is 58.7 Å². The molecule has 0 bridgehead atoms. The zero-order valence-corrected chi connectivity index (χ0v) is 24.2. The number of benzene rings is 3. The molecule has 0 aliphatic heterocycles. The first-order valence-electron chi connectivity index (χ1n) is 13.1. The van der Waals surface area contributed by atoms with Crippen molar-refractivity contribution in [3.63, 3.8) is 0 Å². The Morgan fingerprint density at radius 2 is 1.62 bits per heavy atom. The van der Waals surface area contributed by atoms with Crippen molar-refractivity contribution in [1.29, 1.82) is 0 Å². The fourth-order valence-electron chi connectivity index (χ4n) is 4.27. The second kappa shape index (κ2) is 13.3. The topological polar surface area (TPSA) is 108 Å². The summed E-state index contributed by atoms with van der Waals surface area (Å²) in [4.78, 5) is 42.2. The minimum atomic E-state index is -1.06. The van der Waals surface area contributed by atoms with Crippen LogP contribution in [0.4, 0.5) is 10.5 Å². The maximum absolute atomic E-state index is 14.2. The number of hydrogen-bond donors (Lipinski definition) is 3. The van der Waals surface area contributed by atoms with Crippen LogP contribution < -0.4 is 10.6 Å². The number of carbonyl (C=O) groups is 3. The number of aryl methyl sites for hydroxylation is 1. The molecule has 0 aromatic heterocycles. The van der Waals surface area contributed by atoms with Gasteiger partial charge < -0.3 is 25.4 Å². The van der Waals surface area contributed by atoms with Gasteiger partial charge in [0.1, 0.15) is 23.4 Å². The highest BCUT2D eigenvalue weighted by Crippen LogP contribution is 2.29. The summed E-state index contributed by atoms with van der Waals surface area (Å²) in [5, 5.41) is 15.7. The number of anilines is 1. The summed E-state index contributed by atoms with van der Waals surface area (Å²) in [6.07, 6.45) is -0.644. The van der Waals surface area contributed by atoms with Crippen molar-refractivity contribution in [1.82, 2.24) is 10.2 Å². The number of likely N-dealkylation sites (N-methyl/N-ethyl adjacent to an activating group) is 1. The number of carbonyl (C=O) groups excluding carboxylic acids is 3. The molecular weight excluding hydrogens is 530 g/mol.